The summed E-state index contributed by atoms with van der Waals surface area (Å²) < 4.78 is 46.0. The molecular formula is C19H20F3N3O2. The van der Waals surface area contributed by atoms with E-state index in [1.165, 1.54) is 0 Å². The Hall–Kier alpha value is -2.51. The van der Waals surface area contributed by atoms with E-state index in [0.29, 0.717) is 37.3 Å². The molecule has 2 heterocycles. The first-order valence-corrected chi connectivity index (χ1v) is 9.07. The number of rotatable bonds is 2. The Morgan fingerprint density at radius 1 is 1.22 bits per heavy atom. The third-order valence-corrected chi connectivity index (χ3v) is 5.35. The molecule has 1 saturated carbocycles. The van der Waals surface area contributed by atoms with E-state index < -0.39 is 12.1 Å². The summed E-state index contributed by atoms with van der Waals surface area (Å²) in [6.07, 6.45) is 0.118. The molecule has 1 aliphatic heterocycles. The molecular weight excluding hydrogens is 359 g/mol. The number of nitrogens with zero attached hydrogens (tertiary/aromatic N) is 2. The number of imidazole rings is 1. The highest BCUT2D eigenvalue weighted by atomic mass is 19.4. The van der Waals surface area contributed by atoms with Crippen LogP contribution in [0.4, 0.5) is 13.2 Å². The van der Waals surface area contributed by atoms with E-state index in [-0.39, 0.29) is 24.8 Å². The number of amides is 1. The van der Waals surface area contributed by atoms with Gasteiger partial charge in [0.15, 0.2) is 0 Å². The van der Waals surface area contributed by atoms with Gasteiger partial charge in [0.1, 0.15) is 12.4 Å². The normalized spacial score (nSPS) is 22.2. The van der Waals surface area contributed by atoms with Crippen molar-refractivity contribution in [1.82, 2.24) is 14.9 Å². The minimum absolute atomic E-state index is 0.0612. The van der Waals surface area contributed by atoms with Crippen molar-refractivity contribution in [3.63, 3.8) is 0 Å². The van der Waals surface area contributed by atoms with Crippen LogP contribution >= 0.6 is 0 Å². The molecule has 5 nitrogen and oxygen atoms in total. The maximum absolute atomic E-state index is 12.8. The number of hydrogen-bond acceptors (Lipinski definition) is 3. The Morgan fingerprint density at radius 3 is 2.74 bits per heavy atom. The Labute approximate surface area is 154 Å². The number of carbonyl (C=O) groups is 1. The highest BCUT2D eigenvalue weighted by Crippen LogP contribution is 2.38. The quantitative estimate of drug-likeness (QED) is 0.864. The molecule has 27 heavy (non-hydrogen) atoms. The third kappa shape index (κ3) is 3.65. The minimum Gasteiger partial charge on any atom is -0.491 e. The average Bonchev–Trinajstić information content (AvgIpc) is 3.03. The summed E-state index contributed by atoms with van der Waals surface area (Å²) in [5, 5.41) is 2.88. The van der Waals surface area contributed by atoms with Crippen molar-refractivity contribution >= 4 is 5.91 Å². The molecule has 0 spiro atoms. The second-order valence-corrected chi connectivity index (χ2v) is 7.10. The van der Waals surface area contributed by atoms with Crippen LogP contribution in [0, 0.1) is 5.92 Å². The summed E-state index contributed by atoms with van der Waals surface area (Å²) in [4.78, 5) is 16.8. The molecule has 2 aliphatic rings. The van der Waals surface area contributed by atoms with Gasteiger partial charge in [0.2, 0.25) is 0 Å². The van der Waals surface area contributed by atoms with Gasteiger partial charge < -0.3 is 14.6 Å². The van der Waals surface area contributed by atoms with Crippen molar-refractivity contribution in [2.75, 3.05) is 6.61 Å². The zero-order chi connectivity index (χ0) is 19.0. The number of halogens is 3. The van der Waals surface area contributed by atoms with E-state index in [2.05, 4.69) is 10.3 Å². The molecule has 0 saturated heterocycles. The number of ether oxygens (including phenoxy) is 1. The molecule has 1 amide bonds. The largest absolute Gasteiger partial charge is 0.491 e. The van der Waals surface area contributed by atoms with E-state index in [0.717, 1.165) is 11.3 Å². The predicted octanol–water partition coefficient (Wildman–Crippen LogP) is 3.79. The topological polar surface area (TPSA) is 56.2 Å². The highest BCUT2D eigenvalue weighted by Gasteiger charge is 2.41. The Morgan fingerprint density at radius 2 is 2.00 bits per heavy atom. The maximum Gasteiger partial charge on any atom is 0.391 e. The van der Waals surface area contributed by atoms with Crippen LogP contribution in [-0.2, 0) is 6.54 Å². The predicted molar refractivity (Wildman–Crippen MR) is 92.4 cm³/mol. The van der Waals surface area contributed by atoms with Crippen molar-refractivity contribution in [2.45, 2.75) is 44.4 Å². The van der Waals surface area contributed by atoms with Gasteiger partial charge in [-0.3, -0.25) is 4.79 Å². The van der Waals surface area contributed by atoms with Gasteiger partial charge in [-0.25, -0.2) is 4.98 Å². The van der Waals surface area contributed by atoms with Crippen LogP contribution < -0.4 is 10.1 Å². The van der Waals surface area contributed by atoms with E-state index in [4.69, 9.17) is 4.74 Å². The van der Waals surface area contributed by atoms with E-state index >= 15 is 0 Å². The first kappa shape index (κ1) is 17.9. The zero-order valence-electron chi connectivity index (χ0n) is 14.6. The smallest absolute Gasteiger partial charge is 0.391 e. The lowest BCUT2D eigenvalue weighted by molar-refractivity contribution is -0.182. The Balaban J connectivity index is 1.47. The number of aromatic nitrogens is 2. The number of fused-ring (bicyclic) bond motifs is 3. The van der Waals surface area contributed by atoms with Crippen LogP contribution in [0.2, 0.25) is 0 Å². The Kier molecular flexibility index (Phi) is 4.57. The first-order chi connectivity index (χ1) is 12.9. The molecule has 8 heteroatoms. The first-order valence-electron chi connectivity index (χ1n) is 9.07. The molecule has 0 bridgehead atoms. The molecule has 1 aromatic carbocycles. The fourth-order valence-electron chi connectivity index (χ4n) is 3.81. The summed E-state index contributed by atoms with van der Waals surface area (Å²) in [6, 6.07) is 4.97. The molecule has 1 aromatic heterocycles. The third-order valence-electron chi connectivity index (χ3n) is 5.35. The standard InChI is InChI=1S/C19H20F3N3O2/c20-19(21,22)13-2-4-14(5-3-13)24-18(26)12-1-6-17-15(9-12)16-10-23-11-25(16)7-8-27-17/h1,6,9-11,13-14H,2-5,7-8H2,(H,24,26). The molecule has 1 aliphatic carbocycles. The SMILES string of the molecule is O=C(NC1CCC(C(F)(F)F)CC1)c1ccc2c(c1)-c1cncn1CCO2. The molecule has 1 N–H and O–H groups in total. The number of nitrogens with one attached hydrogen (secondary N) is 1. The molecule has 1 fully saturated rings. The van der Waals surface area contributed by atoms with Gasteiger partial charge >= 0.3 is 6.18 Å². The molecule has 0 radical (unpaired) electrons. The van der Waals surface area contributed by atoms with E-state index in [1.807, 2.05) is 4.57 Å². The summed E-state index contributed by atoms with van der Waals surface area (Å²) in [7, 11) is 0. The molecule has 0 atom stereocenters. The van der Waals surface area contributed by atoms with E-state index in [1.54, 1.807) is 30.7 Å². The zero-order valence-corrected chi connectivity index (χ0v) is 14.6. The van der Waals surface area contributed by atoms with Crippen molar-refractivity contribution in [1.29, 1.82) is 0 Å². The van der Waals surface area contributed by atoms with Gasteiger partial charge in [-0.1, -0.05) is 0 Å². The molecule has 2 aromatic rings. The second-order valence-electron chi connectivity index (χ2n) is 7.10. The second kappa shape index (κ2) is 6.90. The average molecular weight is 379 g/mol. The monoisotopic (exact) mass is 379 g/mol. The number of carbonyl (C=O) groups excluding carboxylic acids is 1. The van der Waals surface area contributed by atoms with Gasteiger partial charge in [0.05, 0.1) is 30.7 Å². The van der Waals surface area contributed by atoms with Gasteiger partial charge in [-0.05, 0) is 43.9 Å². The van der Waals surface area contributed by atoms with Crippen LogP contribution in [0.3, 0.4) is 0 Å². The summed E-state index contributed by atoms with van der Waals surface area (Å²) in [6.45, 7) is 1.19. The lowest BCUT2D eigenvalue weighted by Crippen LogP contribution is -2.40. The van der Waals surface area contributed by atoms with Crippen molar-refractivity contribution in [3.8, 4) is 17.0 Å². The Bertz CT molecular complexity index is 839. The van der Waals surface area contributed by atoms with Crippen LogP contribution in [0.15, 0.2) is 30.7 Å². The number of benzene rings is 1. The van der Waals surface area contributed by atoms with Crippen LogP contribution in [0.1, 0.15) is 36.0 Å². The highest BCUT2D eigenvalue weighted by molar-refractivity contribution is 5.96. The lowest BCUT2D eigenvalue weighted by Gasteiger charge is -2.30. The van der Waals surface area contributed by atoms with Gasteiger partial charge in [0.25, 0.3) is 5.91 Å². The van der Waals surface area contributed by atoms with Crippen LogP contribution in [0.25, 0.3) is 11.3 Å². The number of alkyl halides is 3. The molecule has 4 rings (SSSR count). The van der Waals surface area contributed by atoms with Gasteiger partial charge in [-0.15, -0.1) is 0 Å². The van der Waals surface area contributed by atoms with Crippen molar-refractivity contribution in [3.05, 3.63) is 36.3 Å². The maximum atomic E-state index is 12.8. The van der Waals surface area contributed by atoms with Gasteiger partial charge in [0, 0.05) is 17.2 Å². The molecule has 144 valence electrons. The van der Waals surface area contributed by atoms with E-state index in [9.17, 15) is 18.0 Å². The van der Waals surface area contributed by atoms with Crippen LogP contribution in [0.5, 0.6) is 5.75 Å². The fourth-order valence-corrected chi connectivity index (χ4v) is 3.81. The summed E-state index contributed by atoms with van der Waals surface area (Å²) in [5.41, 5.74) is 2.13. The van der Waals surface area contributed by atoms with Crippen molar-refractivity contribution in [2.24, 2.45) is 5.92 Å². The fraction of sp³-hybridized carbons (Fsp3) is 0.474. The summed E-state index contributed by atoms with van der Waals surface area (Å²) >= 11 is 0. The van der Waals surface area contributed by atoms with Gasteiger partial charge in [-0.2, -0.15) is 13.2 Å². The van der Waals surface area contributed by atoms with Crippen LogP contribution in [-0.4, -0.2) is 34.3 Å². The molecule has 0 unspecified atom stereocenters. The summed E-state index contributed by atoms with van der Waals surface area (Å²) in [5.74, 6) is -0.837. The lowest BCUT2D eigenvalue weighted by atomic mass is 9.85. The number of hydrogen-bond donors (Lipinski definition) is 1. The minimum atomic E-state index is -4.14. The van der Waals surface area contributed by atoms with Crippen molar-refractivity contribution < 1.29 is 22.7 Å².